The second-order valence-electron chi connectivity index (χ2n) is 8.72. The highest BCUT2D eigenvalue weighted by Crippen LogP contribution is 2.59. The minimum absolute atomic E-state index is 0.277. The molecule has 0 bridgehead atoms. The zero-order valence-electron chi connectivity index (χ0n) is 17.1. The molecule has 154 valence electrons. The summed E-state index contributed by atoms with van der Waals surface area (Å²) in [6, 6.07) is 16.1. The van der Waals surface area contributed by atoms with Crippen LogP contribution in [0.3, 0.4) is 0 Å². The highest BCUT2D eigenvalue weighted by molar-refractivity contribution is 5.97. The number of carbonyl (C=O) groups excluding carboxylic acids is 1. The van der Waals surface area contributed by atoms with Crippen LogP contribution in [0.1, 0.15) is 51.0 Å². The molecule has 0 atom stereocenters. The maximum absolute atomic E-state index is 13.0. The summed E-state index contributed by atoms with van der Waals surface area (Å²) < 4.78 is 13.1. The van der Waals surface area contributed by atoms with E-state index in [-0.39, 0.29) is 5.97 Å². The van der Waals surface area contributed by atoms with Gasteiger partial charge in [-0.2, -0.15) is 0 Å². The molecule has 4 aliphatic rings. The number of benzene rings is 3. The van der Waals surface area contributed by atoms with E-state index in [2.05, 4.69) is 34.9 Å². The van der Waals surface area contributed by atoms with Gasteiger partial charge < -0.3 is 20.1 Å². The summed E-state index contributed by atoms with van der Waals surface area (Å²) in [5.74, 6) is 1.42. The van der Waals surface area contributed by atoms with Crippen LogP contribution in [0.2, 0.25) is 0 Å². The molecule has 0 amide bonds. The second-order valence-corrected chi connectivity index (χ2v) is 8.72. The van der Waals surface area contributed by atoms with Crippen LogP contribution >= 0.6 is 0 Å². The van der Waals surface area contributed by atoms with Crippen molar-refractivity contribution in [2.75, 3.05) is 23.7 Å². The van der Waals surface area contributed by atoms with Crippen LogP contribution in [0, 0.1) is 0 Å². The van der Waals surface area contributed by atoms with Crippen LogP contribution in [-0.2, 0) is 23.2 Å². The smallest absolute Gasteiger partial charge is 0.340 e. The number of fused-ring (bicyclic) bond motifs is 10. The fourth-order valence-electron chi connectivity index (χ4n) is 5.71. The van der Waals surface area contributed by atoms with Crippen molar-refractivity contribution in [2.45, 2.75) is 31.3 Å². The van der Waals surface area contributed by atoms with E-state index >= 15 is 0 Å². The van der Waals surface area contributed by atoms with E-state index in [0.717, 1.165) is 78.3 Å². The van der Waals surface area contributed by atoms with Gasteiger partial charge in [-0.05, 0) is 56.0 Å². The molecule has 0 aromatic heterocycles. The number of ether oxygens (including phenoxy) is 2. The number of esters is 1. The number of carbonyl (C=O) groups is 1. The lowest BCUT2D eigenvalue weighted by Gasteiger charge is -2.40. The van der Waals surface area contributed by atoms with Crippen molar-refractivity contribution in [3.63, 3.8) is 0 Å². The first-order chi connectivity index (χ1) is 15.3. The molecule has 0 saturated heterocycles. The first kappa shape index (κ1) is 17.2. The molecule has 0 saturated carbocycles. The van der Waals surface area contributed by atoms with Gasteiger partial charge in [0.05, 0.1) is 5.56 Å². The van der Waals surface area contributed by atoms with Gasteiger partial charge in [0.15, 0.2) is 5.60 Å². The SMILES string of the molecule is O=C1OC2(c3ccccc31)c1ccc3c(c1Oc1c2ccc2c1CCCN2)CCCN3. The maximum atomic E-state index is 13.0. The summed E-state index contributed by atoms with van der Waals surface area (Å²) in [6.07, 6.45) is 3.99. The van der Waals surface area contributed by atoms with Crippen molar-refractivity contribution >= 4 is 17.3 Å². The predicted octanol–water partition coefficient (Wildman–Crippen LogP) is 4.97. The van der Waals surface area contributed by atoms with Gasteiger partial charge in [0.1, 0.15) is 11.5 Å². The standard InChI is InChI=1S/C26H22N2O3/c29-25-15-5-1-2-8-18(15)26(31-25)19-9-11-21-16(6-3-13-27-21)23(19)30-24-17-7-4-14-28-22(17)12-10-20(24)26/h1-2,5,8-12,27-28H,3-4,6-7,13-14H2. The highest BCUT2D eigenvalue weighted by atomic mass is 16.6. The molecule has 4 heterocycles. The monoisotopic (exact) mass is 410 g/mol. The first-order valence-corrected chi connectivity index (χ1v) is 11.1. The van der Waals surface area contributed by atoms with Crippen LogP contribution in [0.15, 0.2) is 48.5 Å². The van der Waals surface area contributed by atoms with Crippen molar-refractivity contribution in [3.05, 3.63) is 81.9 Å². The van der Waals surface area contributed by atoms with Crippen molar-refractivity contribution in [2.24, 2.45) is 0 Å². The number of nitrogens with one attached hydrogen (secondary N) is 2. The predicted molar refractivity (Wildman–Crippen MR) is 118 cm³/mol. The molecule has 0 fully saturated rings. The molecular formula is C26H22N2O3. The molecule has 5 heteroatoms. The fraction of sp³-hybridized carbons (Fsp3) is 0.269. The maximum Gasteiger partial charge on any atom is 0.340 e. The van der Waals surface area contributed by atoms with Crippen molar-refractivity contribution in [1.82, 2.24) is 0 Å². The van der Waals surface area contributed by atoms with E-state index in [1.165, 1.54) is 11.1 Å². The molecular weight excluding hydrogens is 388 g/mol. The van der Waals surface area contributed by atoms with Gasteiger partial charge in [0.2, 0.25) is 0 Å². The van der Waals surface area contributed by atoms with Gasteiger partial charge in [-0.25, -0.2) is 4.79 Å². The third-order valence-electron chi connectivity index (χ3n) is 7.09. The average molecular weight is 410 g/mol. The summed E-state index contributed by atoms with van der Waals surface area (Å²) >= 11 is 0. The number of anilines is 2. The molecule has 3 aromatic carbocycles. The summed E-state index contributed by atoms with van der Waals surface area (Å²) in [6.45, 7) is 1.93. The Kier molecular flexibility index (Phi) is 3.36. The van der Waals surface area contributed by atoms with Crippen LogP contribution in [0.25, 0.3) is 0 Å². The Balaban J connectivity index is 1.59. The van der Waals surface area contributed by atoms with E-state index in [9.17, 15) is 4.79 Å². The molecule has 7 rings (SSSR count). The van der Waals surface area contributed by atoms with Gasteiger partial charge in [0, 0.05) is 52.3 Å². The van der Waals surface area contributed by atoms with Crippen LogP contribution in [-0.4, -0.2) is 19.1 Å². The van der Waals surface area contributed by atoms with Gasteiger partial charge in [-0.15, -0.1) is 0 Å². The Morgan fingerprint density at radius 3 is 2.00 bits per heavy atom. The summed E-state index contributed by atoms with van der Waals surface area (Å²) in [7, 11) is 0. The molecule has 3 aromatic rings. The minimum atomic E-state index is -0.977. The topological polar surface area (TPSA) is 59.6 Å². The summed E-state index contributed by atoms with van der Waals surface area (Å²) in [5, 5.41) is 7.01. The van der Waals surface area contributed by atoms with Crippen LogP contribution < -0.4 is 15.4 Å². The van der Waals surface area contributed by atoms with Crippen molar-refractivity contribution in [3.8, 4) is 11.5 Å². The average Bonchev–Trinajstić information content (AvgIpc) is 3.12. The fourth-order valence-corrected chi connectivity index (χ4v) is 5.71. The van der Waals surface area contributed by atoms with E-state index in [1.54, 1.807) is 0 Å². The van der Waals surface area contributed by atoms with E-state index < -0.39 is 5.60 Å². The normalized spacial score (nSPS) is 18.9. The number of rotatable bonds is 0. The van der Waals surface area contributed by atoms with Gasteiger partial charge in [-0.3, -0.25) is 0 Å². The Labute approximate surface area is 180 Å². The first-order valence-electron chi connectivity index (χ1n) is 11.1. The molecule has 0 aliphatic carbocycles. The second kappa shape index (κ2) is 6.03. The number of hydrogen-bond donors (Lipinski definition) is 2. The van der Waals surface area contributed by atoms with E-state index in [0.29, 0.717) is 5.56 Å². The molecule has 2 N–H and O–H groups in total. The molecule has 4 aliphatic heterocycles. The van der Waals surface area contributed by atoms with Gasteiger partial charge in [-0.1, -0.05) is 18.2 Å². The summed E-state index contributed by atoms with van der Waals surface area (Å²) in [5.41, 5.74) is 6.98. The molecule has 31 heavy (non-hydrogen) atoms. The number of hydrogen-bond acceptors (Lipinski definition) is 5. The molecule has 0 unspecified atom stereocenters. The summed E-state index contributed by atoms with van der Waals surface area (Å²) in [4.78, 5) is 13.0. The lowest BCUT2D eigenvalue weighted by atomic mass is 9.75. The Morgan fingerprint density at radius 1 is 0.742 bits per heavy atom. The quantitative estimate of drug-likeness (QED) is 0.513. The van der Waals surface area contributed by atoms with Crippen LogP contribution in [0.4, 0.5) is 11.4 Å². The Bertz CT molecular complexity index is 1210. The zero-order chi connectivity index (χ0) is 20.6. The molecule has 5 nitrogen and oxygen atoms in total. The lowest BCUT2D eigenvalue weighted by Crippen LogP contribution is -2.34. The third kappa shape index (κ3) is 2.13. The van der Waals surface area contributed by atoms with E-state index in [4.69, 9.17) is 9.47 Å². The van der Waals surface area contributed by atoms with Crippen LogP contribution in [0.5, 0.6) is 11.5 Å². The Morgan fingerprint density at radius 2 is 1.35 bits per heavy atom. The highest BCUT2D eigenvalue weighted by Gasteiger charge is 2.54. The minimum Gasteiger partial charge on any atom is -0.456 e. The zero-order valence-corrected chi connectivity index (χ0v) is 17.1. The molecule has 0 radical (unpaired) electrons. The molecule has 1 spiro atoms. The van der Waals surface area contributed by atoms with Gasteiger partial charge >= 0.3 is 5.97 Å². The van der Waals surface area contributed by atoms with E-state index in [1.807, 2.05) is 24.3 Å². The lowest BCUT2D eigenvalue weighted by molar-refractivity contribution is 0.0223. The van der Waals surface area contributed by atoms with Gasteiger partial charge in [0.25, 0.3) is 0 Å². The largest absolute Gasteiger partial charge is 0.456 e. The van der Waals surface area contributed by atoms with Crippen molar-refractivity contribution < 1.29 is 14.3 Å². The van der Waals surface area contributed by atoms with Crippen molar-refractivity contribution in [1.29, 1.82) is 0 Å². The third-order valence-corrected chi connectivity index (χ3v) is 7.09. The Hall–Kier alpha value is -3.47.